The molecule has 0 aliphatic rings. The van der Waals surface area contributed by atoms with Crippen molar-refractivity contribution in [3.05, 3.63) is 34.9 Å². The average molecular weight is 246 g/mol. The highest BCUT2D eigenvalue weighted by molar-refractivity contribution is 6.30. The first kappa shape index (κ1) is 12.8. The van der Waals surface area contributed by atoms with Gasteiger partial charge < -0.3 is 5.32 Å². The zero-order valence-corrected chi connectivity index (χ0v) is 10.6. The summed E-state index contributed by atoms with van der Waals surface area (Å²) in [6, 6.07) is 8.32. The van der Waals surface area contributed by atoms with Gasteiger partial charge in [-0.25, -0.2) is 0 Å². The van der Waals surface area contributed by atoms with Gasteiger partial charge in [-0.2, -0.15) is 0 Å². The quantitative estimate of drug-likeness (QED) is 0.781. The molecule has 2 unspecified atom stereocenters. The van der Waals surface area contributed by atoms with E-state index in [1.165, 1.54) is 5.56 Å². The number of alkyl halides is 1. The maximum Gasteiger partial charge on any atom is 0.0406 e. The molecule has 0 bridgehead atoms. The zero-order valence-electron chi connectivity index (χ0n) is 9.13. The third-order valence-electron chi connectivity index (χ3n) is 2.64. The van der Waals surface area contributed by atoms with Crippen LogP contribution in [0.3, 0.4) is 0 Å². The number of halogens is 2. The van der Waals surface area contributed by atoms with Gasteiger partial charge in [-0.05, 0) is 30.5 Å². The van der Waals surface area contributed by atoms with Gasteiger partial charge in [0.2, 0.25) is 0 Å². The van der Waals surface area contributed by atoms with Crippen molar-refractivity contribution in [3.63, 3.8) is 0 Å². The molecule has 1 aromatic rings. The first-order chi connectivity index (χ1) is 7.13. The summed E-state index contributed by atoms with van der Waals surface area (Å²) in [5.74, 6) is 1.17. The molecule has 0 heterocycles. The molecule has 0 radical (unpaired) electrons. The summed E-state index contributed by atoms with van der Waals surface area (Å²) in [5, 5.41) is 4.22. The van der Waals surface area contributed by atoms with Crippen molar-refractivity contribution in [2.75, 3.05) is 5.88 Å². The number of hydrogen-bond donors (Lipinski definition) is 1. The molecular weight excluding hydrogens is 229 g/mol. The highest BCUT2D eigenvalue weighted by Gasteiger charge is 2.09. The van der Waals surface area contributed by atoms with Crippen molar-refractivity contribution in [2.45, 2.75) is 26.4 Å². The third kappa shape index (κ3) is 4.42. The van der Waals surface area contributed by atoms with Crippen molar-refractivity contribution in [1.82, 2.24) is 5.32 Å². The second-order valence-corrected chi connectivity index (χ2v) is 4.67. The number of rotatable bonds is 5. The van der Waals surface area contributed by atoms with E-state index in [0.29, 0.717) is 17.8 Å². The molecule has 1 nitrogen and oxygen atoms in total. The van der Waals surface area contributed by atoms with Gasteiger partial charge in [0, 0.05) is 23.5 Å². The molecule has 1 rings (SSSR count). The Balaban J connectivity index is 2.40. The van der Waals surface area contributed by atoms with E-state index in [1.807, 2.05) is 24.3 Å². The minimum atomic E-state index is 0.429. The van der Waals surface area contributed by atoms with Crippen LogP contribution in [0.1, 0.15) is 19.4 Å². The monoisotopic (exact) mass is 245 g/mol. The molecule has 0 saturated carbocycles. The van der Waals surface area contributed by atoms with Crippen molar-refractivity contribution < 1.29 is 0 Å². The number of nitrogens with one attached hydrogen (secondary N) is 1. The SMILES string of the molecule is CC(CCl)C(C)NCc1ccc(Cl)cc1. The van der Waals surface area contributed by atoms with Gasteiger partial charge in [0.05, 0.1) is 0 Å². The Labute approximate surface area is 102 Å². The maximum atomic E-state index is 5.81. The smallest absolute Gasteiger partial charge is 0.0406 e. The average Bonchev–Trinajstić information content (AvgIpc) is 2.26. The summed E-state index contributed by atoms with van der Waals surface area (Å²) in [6.45, 7) is 5.16. The van der Waals surface area contributed by atoms with Crippen LogP contribution in [0.2, 0.25) is 5.02 Å². The predicted octanol–water partition coefficient (Wildman–Crippen LogP) is 3.69. The summed E-state index contributed by atoms with van der Waals surface area (Å²) < 4.78 is 0. The lowest BCUT2D eigenvalue weighted by atomic mass is 10.1. The van der Waals surface area contributed by atoms with E-state index in [0.717, 1.165) is 11.6 Å². The largest absolute Gasteiger partial charge is 0.310 e. The molecule has 15 heavy (non-hydrogen) atoms. The van der Waals surface area contributed by atoms with E-state index in [4.69, 9.17) is 23.2 Å². The third-order valence-corrected chi connectivity index (χ3v) is 3.38. The summed E-state index contributed by atoms with van der Waals surface area (Å²) in [7, 11) is 0. The zero-order chi connectivity index (χ0) is 11.3. The Morgan fingerprint density at radius 3 is 2.33 bits per heavy atom. The maximum absolute atomic E-state index is 5.81. The van der Waals surface area contributed by atoms with E-state index in [-0.39, 0.29) is 0 Å². The molecule has 0 aromatic heterocycles. The highest BCUT2D eigenvalue weighted by Crippen LogP contribution is 2.10. The molecular formula is C12H17Cl2N. The van der Waals surface area contributed by atoms with Gasteiger partial charge in [-0.15, -0.1) is 11.6 Å². The second-order valence-electron chi connectivity index (χ2n) is 3.93. The molecule has 0 fully saturated rings. The predicted molar refractivity (Wildman–Crippen MR) is 67.6 cm³/mol. The van der Waals surface area contributed by atoms with E-state index in [2.05, 4.69) is 19.2 Å². The molecule has 1 aromatic carbocycles. The van der Waals surface area contributed by atoms with Crippen LogP contribution in [0.4, 0.5) is 0 Å². The summed E-state index contributed by atoms with van der Waals surface area (Å²) in [5.41, 5.74) is 1.24. The van der Waals surface area contributed by atoms with Crippen LogP contribution in [0.15, 0.2) is 24.3 Å². The van der Waals surface area contributed by atoms with Crippen molar-refractivity contribution in [2.24, 2.45) is 5.92 Å². The Bertz CT molecular complexity index is 284. The Hall–Kier alpha value is -0.240. The van der Waals surface area contributed by atoms with Gasteiger partial charge in [0.1, 0.15) is 0 Å². The lowest BCUT2D eigenvalue weighted by Gasteiger charge is -2.19. The summed E-state index contributed by atoms with van der Waals surface area (Å²) in [6.07, 6.45) is 0. The minimum absolute atomic E-state index is 0.429. The van der Waals surface area contributed by atoms with Crippen LogP contribution >= 0.6 is 23.2 Å². The van der Waals surface area contributed by atoms with Crippen LogP contribution in [0, 0.1) is 5.92 Å². The highest BCUT2D eigenvalue weighted by atomic mass is 35.5. The van der Waals surface area contributed by atoms with Crippen LogP contribution in [-0.2, 0) is 6.54 Å². The van der Waals surface area contributed by atoms with Gasteiger partial charge in [0.25, 0.3) is 0 Å². The number of hydrogen-bond acceptors (Lipinski definition) is 1. The van der Waals surface area contributed by atoms with Gasteiger partial charge in [-0.1, -0.05) is 30.7 Å². The van der Waals surface area contributed by atoms with Gasteiger partial charge >= 0.3 is 0 Å². The molecule has 0 amide bonds. The summed E-state index contributed by atoms with van der Waals surface area (Å²) >= 11 is 11.6. The fourth-order valence-electron chi connectivity index (χ4n) is 1.22. The van der Waals surface area contributed by atoms with Crippen LogP contribution in [-0.4, -0.2) is 11.9 Å². The van der Waals surface area contributed by atoms with Gasteiger partial charge in [0.15, 0.2) is 0 Å². The Kier molecular flexibility index (Phi) is 5.44. The normalized spacial score (nSPS) is 14.9. The first-order valence-electron chi connectivity index (χ1n) is 5.17. The van der Waals surface area contributed by atoms with Crippen LogP contribution in [0.25, 0.3) is 0 Å². The standard InChI is InChI=1S/C12H17Cl2N/c1-9(7-13)10(2)15-8-11-3-5-12(14)6-4-11/h3-6,9-10,15H,7-8H2,1-2H3. The molecule has 2 atom stereocenters. The van der Waals surface area contributed by atoms with E-state index in [1.54, 1.807) is 0 Å². The first-order valence-corrected chi connectivity index (χ1v) is 6.08. The lowest BCUT2D eigenvalue weighted by Crippen LogP contribution is -2.32. The van der Waals surface area contributed by atoms with Crippen LogP contribution < -0.4 is 5.32 Å². The fraction of sp³-hybridized carbons (Fsp3) is 0.500. The fourth-order valence-corrected chi connectivity index (χ4v) is 1.61. The van der Waals surface area contributed by atoms with Crippen molar-refractivity contribution >= 4 is 23.2 Å². The minimum Gasteiger partial charge on any atom is -0.310 e. The molecule has 3 heteroatoms. The molecule has 84 valence electrons. The second kappa shape index (κ2) is 6.37. The van der Waals surface area contributed by atoms with E-state index in [9.17, 15) is 0 Å². The Morgan fingerprint density at radius 2 is 1.80 bits per heavy atom. The molecule has 1 N–H and O–H groups in total. The summed E-state index contributed by atoms with van der Waals surface area (Å²) in [4.78, 5) is 0. The topological polar surface area (TPSA) is 12.0 Å². The molecule has 0 aliphatic heterocycles. The number of benzene rings is 1. The van der Waals surface area contributed by atoms with E-state index >= 15 is 0 Å². The van der Waals surface area contributed by atoms with Gasteiger partial charge in [-0.3, -0.25) is 0 Å². The molecule has 0 saturated heterocycles. The Morgan fingerprint density at radius 1 is 1.20 bits per heavy atom. The lowest BCUT2D eigenvalue weighted by molar-refractivity contribution is 0.430. The van der Waals surface area contributed by atoms with Crippen molar-refractivity contribution in [1.29, 1.82) is 0 Å². The van der Waals surface area contributed by atoms with E-state index < -0.39 is 0 Å². The molecule has 0 aliphatic carbocycles. The van der Waals surface area contributed by atoms with Crippen molar-refractivity contribution in [3.8, 4) is 0 Å². The van der Waals surface area contributed by atoms with Crippen LogP contribution in [0.5, 0.6) is 0 Å². The molecule has 0 spiro atoms.